The summed E-state index contributed by atoms with van der Waals surface area (Å²) in [6.07, 6.45) is 7.07. The van der Waals surface area contributed by atoms with E-state index in [2.05, 4.69) is 50.1 Å². The second kappa shape index (κ2) is 9.60. The Morgan fingerprint density at radius 2 is 1.32 bits per heavy atom. The van der Waals surface area contributed by atoms with Crippen LogP contribution in [0.15, 0.2) is 68.3 Å². The van der Waals surface area contributed by atoms with Crippen molar-refractivity contribution < 1.29 is 16.9 Å². The van der Waals surface area contributed by atoms with Crippen LogP contribution in [0.5, 0.6) is 0 Å². The normalized spacial score (nSPS) is 10.3. The van der Waals surface area contributed by atoms with Gasteiger partial charge in [0.2, 0.25) is 0 Å². The van der Waals surface area contributed by atoms with Gasteiger partial charge >= 0.3 is 0 Å². The standard InChI is InChI=1S/C17H24N.ClH/c1-4-13-18(14-5-2,15-6-3)16-12-17-10-8-7-9-11-17;/h4-11H,1-3,12-16H2;1H/q+1;/p-1. The molecule has 0 spiro atoms. The molecule has 104 valence electrons. The second-order valence-corrected chi connectivity index (χ2v) is 4.71. The minimum atomic E-state index is 0. The van der Waals surface area contributed by atoms with Gasteiger partial charge in [-0.2, -0.15) is 0 Å². The van der Waals surface area contributed by atoms with Gasteiger partial charge in [-0.05, 0) is 23.8 Å². The van der Waals surface area contributed by atoms with Crippen molar-refractivity contribution in [2.24, 2.45) is 0 Å². The Morgan fingerprint density at radius 3 is 1.74 bits per heavy atom. The summed E-state index contributed by atoms with van der Waals surface area (Å²) in [5.74, 6) is 0. The smallest absolute Gasteiger partial charge is 0.0976 e. The van der Waals surface area contributed by atoms with Crippen molar-refractivity contribution in [2.45, 2.75) is 6.42 Å². The number of quaternary nitrogens is 1. The monoisotopic (exact) mass is 277 g/mol. The van der Waals surface area contributed by atoms with Crippen molar-refractivity contribution in [3.63, 3.8) is 0 Å². The van der Waals surface area contributed by atoms with E-state index >= 15 is 0 Å². The zero-order chi connectivity index (χ0) is 13.3. The highest BCUT2D eigenvalue weighted by Gasteiger charge is 2.22. The lowest BCUT2D eigenvalue weighted by atomic mass is 10.1. The molecule has 0 saturated heterocycles. The van der Waals surface area contributed by atoms with Gasteiger partial charge in [0.25, 0.3) is 0 Å². The fraction of sp³-hybridized carbons (Fsp3) is 0.294. The van der Waals surface area contributed by atoms with Crippen LogP contribution in [-0.4, -0.2) is 30.7 Å². The van der Waals surface area contributed by atoms with Crippen molar-refractivity contribution in [1.29, 1.82) is 0 Å². The lowest BCUT2D eigenvalue weighted by Crippen LogP contribution is -3.00. The molecule has 1 aromatic carbocycles. The summed E-state index contributed by atoms with van der Waals surface area (Å²) < 4.78 is 0.964. The largest absolute Gasteiger partial charge is 1.00 e. The molecular formula is C17H24ClN. The van der Waals surface area contributed by atoms with E-state index in [-0.39, 0.29) is 12.4 Å². The van der Waals surface area contributed by atoms with Crippen molar-refractivity contribution in [2.75, 3.05) is 26.2 Å². The van der Waals surface area contributed by atoms with Gasteiger partial charge < -0.3 is 16.9 Å². The fourth-order valence-corrected chi connectivity index (χ4v) is 2.33. The molecule has 0 aliphatic rings. The van der Waals surface area contributed by atoms with E-state index < -0.39 is 0 Å². The first-order valence-corrected chi connectivity index (χ1v) is 6.48. The van der Waals surface area contributed by atoms with E-state index in [4.69, 9.17) is 0 Å². The molecule has 0 aliphatic carbocycles. The van der Waals surface area contributed by atoms with Crippen LogP contribution in [0.4, 0.5) is 0 Å². The molecule has 0 atom stereocenters. The highest BCUT2D eigenvalue weighted by Crippen LogP contribution is 2.11. The Labute approximate surface area is 123 Å². The molecule has 0 unspecified atom stereocenters. The van der Waals surface area contributed by atoms with Gasteiger partial charge in [0, 0.05) is 6.42 Å². The molecular weight excluding hydrogens is 254 g/mol. The summed E-state index contributed by atoms with van der Waals surface area (Å²) in [5.41, 5.74) is 1.39. The molecule has 0 saturated carbocycles. The third-order valence-corrected chi connectivity index (χ3v) is 3.27. The number of benzene rings is 1. The number of halogens is 1. The Hall–Kier alpha value is -1.31. The minimum Gasteiger partial charge on any atom is -1.00 e. The SMILES string of the molecule is C=CC[N+](CC=C)(CC=C)CCc1ccccc1.[Cl-]. The molecule has 2 heteroatoms. The summed E-state index contributed by atoms with van der Waals surface area (Å²) in [4.78, 5) is 0. The summed E-state index contributed by atoms with van der Waals surface area (Å²) in [5, 5.41) is 0. The first-order chi connectivity index (χ1) is 8.76. The van der Waals surface area contributed by atoms with Gasteiger partial charge in [-0.3, -0.25) is 0 Å². The summed E-state index contributed by atoms with van der Waals surface area (Å²) in [6, 6.07) is 10.6. The predicted molar refractivity (Wildman–Crippen MR) is 80.5 cm³/mol. The molecule has 1 rings (SSSR count). The molecule has 0 radical (unpaired) electrons. The zero-order valence-corrected chi connectivity index (χ0v) is 12.4. The predicted octanol–water partition coefficient (Wildman–Crippen LogP) is 0.608. The molecule has 19 heavy (non-hydrogen) atoms. The third kappa shape index (κ3) is 5.91. The van der Waals surface area contributed by atoms with E-state index in [0.29, 0.717) is 0 Å². The quantitative estimate of drug-likeness (QED) is 0.458. The molecule has 1 aromatic rings. The van der Waals surface area contributed by atoms with Crippen LogP contribution in [-0.2, 0) is 6.42 Å². The van der Waals surface area contributed by atoms with Crippen molar-refractivity contribution in [3.05, 3.63) is 73.9 Å². The molecule has 0 amide bonds. The van der Waals surface area contributed by atoms with Crippen molar-refractivity contribution in [3.8, 4) is 0 Å². The van der Waals surface area contributed by atoms with Crippen LogP contribution in [0, 0.1) is 0 Å². The van der Waals surface area contributed by atoms with Gasteiger partial charge in [0.15, 0.2) is 0 Å². The maximum atomic E-state index is 3.88. The molecule has 1 nitrogen and oxygen atoms in total. The van der Waals surface area contributed by atoms with Gasteiger partial charge in [0.05, 0.1) is 26.2 Å². The Kier molecular flexibility index (Phi) is 8.94. The van der Waals surface area contributed by atoms with E-state index in [9.17, 15) is 0 Å². The van der Waals surface area contributed by atoms with E-state index in [1.165, 1.54) is 5.56 Å². The minimum absolute atomic E-state index is 0. The lowest BCUT2D eigenvalue weighted by molar-refractivity contribution is -0.911. The number of hydrogen-bond donors (Lipinski definition) is 0. The van der Waals surface area contributed by atoms with Crippen LogP contribution in [0.1, 0.15) is 5.56 Å². The first kappa shape index (κ1) is 17.7. The maximum absolute atomic E-state index is 3.88. The fourth-order valence-electron chi connectivity index (χ4n) is 2.33. The summed E-state index contributed by atoms with van der Waals surface area (Å²) in [6.45, 7) is 15.6. The second-order valence-electron chi connectivity index (χ2n) is 4.71. The van der Waals surface area contributed by atoms with E-state index in [1.54, 1.807) is 0 Å². The highest BCUT2D eigenvalue weighted by atomic mass is 35.5. The van der Waals surface area contributed by atoms with Crippen molar-refractivity contribution in [1.82, 2.24) is 0 Å². The van der Waals surface area contributed by atoms with Gasteiger partial charge in [-0.15, -0.1) is 0 Å². The van der Waals surface area contributed by atoms with Crippen LogP contribution < -0.4 is 12.4 Å². The highest BCUT2D eigenvalue weighted by molar-refractivity contribution is 5.14. The van der Waals surface area contributed by atoms with Crippen molar-refractivity contribution >= 4 is 0 Å². The van der Waals surface area contributed by atoms with Crippen LogP contribution >= 0.6 is 0 Å². The summed E-state index contributed by atoms with van der Waals surface area (Å²) in [7, 11) is 0. The molecule has 0 N–H and O–H groups in total. The molecule has 0 aromatic heterocycles. The topological polar surface area (TPSA) is 0 Å². The van der Waals surface area contributed by atoms with Gasteiger partial charge in [0.1, 0.15) is 0 Å². The van der Waals surface area contributed by atoms with Crippen LogP contribution in [0.3, 0.4) is 0 Å². The molecule has 0 heterocycles. The Morgan fingerprint density at radius 1 is 0.842 bits per heavy atom. The molecule has 0 fully saturated rings. The zero-order valence-electron chi connectivity index (χ0n) is 11.6. The van der Waals surface area contributed by atoms with E-state index in [1.807, 2.05) is 18.2 Å². The number of hydrogen-bond acceptors (Lipinski definition) is 0. The summed E-state index contributed by atoms with van der Waals surface area (Å²) >= 11 is 0. The van der Waals surface area contributed by atoms with Gasteiger partial charge in [-0.1, -0.05) is 50.1 Å². The molecule has 0 aliphatic heterocycles. The third-order valence-electron chi connectivity index (χ3n) is 3.27. The number of nitrogens with zero attached hydrogens (tertiary/aromatic N) is 1. The Balaban J connectivity index is 0.00000324. The average molecular weight is 278 g/mol. The van der Waals surface area contributed by atoms with Crippen LogP contribution in [0.2, 0.25) is 0 Å². The average Bonchev–Trinajstić information content (AvgIpc) is 2.39. The van der Waals surface area contributed by atoms with E-state index in [0.717, 1.165) is 37.1 Å². The number of rotatable bonds is 9. The molecule has 0 bridgehead atoms. The maximum Gasteiger partial charge on any atom is 0.0976 e. The van der Waals surface area contributed by atoms with Crippen LogP contribution in [0.25, 0.3) is 0 Å². The van der Waals surface area contributed by atoms with Gasteiger partial charge in [-0.25, -0.2) is 0 Å². The first-order valence-electron chi connectivity index (χ1n) is 6.48. The Bertz CT molecular complexity index is 357. The lowest BCUT2D eigenvalue weighted by Gasteiger charge is -2.36.